The highest BCUT2D eigenvalue weighted by Gasteiger charge is 2.16. The van der Waals surface area contributed by atoms with Crippen LogP contribution in [0.4, 0.5) is 0 Å². The van der Waals surface area contributed by atoms with Gasteiger partial charge in [-0.05, 0) is 44.2 Å². The van der Waals surface area contributed by atoms with E-state index in [-0.39, 0.29) is 0 Å². The second kappa shape index (κ2) is 6.46. The smallest absolute Gasteiger partial charge is 0.193 e. The number of hydrogen-bond donors (Lipinski definition) is 0. The average molecular weight is 367 g/mol. The van der Waals surface area contributed by atoms with Crippen LogP contribution in [0.1, 0.15) is 11.4 Å². The maximum absolute atomic E-state index is 5.22. The SMILES string of the molecule is COc1ccc(-c2nc(-c3cc(C)n(-c4nccs4)c3C)cs2)cc1. The Hall–Kier alpha value is -2.44. The average Bonchev–Trinajstić information content (AvgIpc) is 3.36. The summed E-state index contributed by atoms with van der Waals surface area (Å²) in [6.45, 7) is 4.23. The van der Waals surface area contributed by atoms with Crippen molar-refractivity contribution >= 4 is 22.7 Å². The Morgan fingerprint density at radius 1 is 1.08 bits per heavy atom. The summed E-state index contributed by atoms with van der Waals surface area (Å²) >= 11 is 3.30. The predicted molar refractivity (Wildman–Crippen MR) is 104 cm³/mol. The number of benzene rings is 1. The van der Waals surface area contributed by atoms with E-state index < -0.39 is 0 Å². The Morgan fingerprint density at radius 3 is 2.56 bits per heavy atom. The lowest BCUT2D eigenvalue weighted by Crippen LogP contribution is -1.97. The number of nitrogens with zero attached hydrogens (tertiary/aromatic N) is 3. The molecule has 4 aromatic rings. The minimum atomic E-state index is 0.854. The fourth-order valence-electron chi connectivity index (χ4n) is 2.91. The third-order valence-corrected chi connectivity index (χ3v) is 5.81. The van der Waals surface area contributed by atoms with Crippen molar-refractivity contribution < 1.29 is 4.74 Å². The molecular weight excluding hydrogens is 350 g/mol. The minimum absolute atomic E-state index is 0.854. The lowest BCUT2D eigenvalue weighted by molar-refractivity contribution is 0.415. The Morgan fingerprint density at radius 2 is 1.88 bits per heavy atom. The molecule has 0 saturated heterocycles. The van der Waals surface area contributed by atoms with Gasteiger partial charge in [0.05, 0.1) is 12.8 Å². The molecule has 3 aromatic heterocycles. The molecule has 0 aliphatic heterocycles. The van der Waals surface area contributed by atoms with Gasteiger partial charge in [-0.25, -0.2) is 9.97 Å². The van der Waals surface area contributed by atoms with Crippen molar-refractivity contribution in [3.63, 3.8) is 0 Å². The summed E-state index contributed by atoms with van der Waals surface area (Å²) in [6.07, 6.45) is 1.84. The highest BCUT2D eigenvalue weighted by Crippen LogP contribution is 2.34. The van der Waals surface area contributed by atoms with E-state index in [2.05, 4.69) is 34.8 Å². The van der Waals surface area contributed by atoms with E-state index in [0.29, 0.717) is 0 Å². The second-order valence-corrected chi connectivity index (χ2v) is 7.43. The van der Waals surface area contributed by atoms with Gasteiger partial charge in [0.25, 0.3) is 0 Å². The molecule has 0 aliphatic rings. The van der Waals surface area contributed by atoms with Gasteiger partial charge in [-0.3, -0.25) is 4.57 Å². The molecule has 3 heterocycles. The zero-order valence-corrected chi connectivity index (χ0v) is 15.8. The summed E-state index contributed by atoms with van der Waals surface area (Å²) in [5.41, 5.74) is 5.60. The van der Waals surface area contributed by atoms with Crippen LogP contribution in [-0.2, 0) is 0 Å². The molecule has 25 heavy (non-hydrogen) atoms. The van der Waals surface area contributed by atoms with Crippen molar-refractivity contribution in [1.82, 2.24) is 14.5 Å². The van der Waals surface area contributed by atoms with Crippen molar-refractivity contribution in [3.8, 4) is 32.7 Å². The maximum Gasteiger partial charge on any atom is 0.193 e. The molecule has 4 nitrogen and oxygen atoms in total. The monoisotopic (exact) mass is 367 g/mol. The number of rotatable bonds is 4. The third kappa shape index (κ3) is 2.88. The summed E-state index contributed by atoms with van der Waals surface area (Å²) < 4.78 is 7.41. The molecule has 0 N–H and O–H groups in total. The first kappa shape index (κ1) is 16.1. The molecule has 0 saturated carbocycles. The van der Waals surface area contributed by atoms with Crippen LogP contribution in [0.3, 0.4) is 0 Å². The zero-order chi connectivity index (χ0) is 17.4. The third-order valence-electron chi connectivity index (χ3n) is 4.16. The molecule has 0 atom stereocenters. The first-order valence-electron chi connectivity index (χ1n) is 7.86. The van der Waals surface area contributed by atoms with Crippen LogP contribution in [0.15, 0.2) is 47.3 Å². The molecule has 0 amide bonds. The van der Waals surface area contributed by atoms with E-state index in [9.17, 15) is 0 Å². The van der Waals surface area contributed by atoms with E-state index in [0.717, 1.165) is 32.7 Å². The van der Waals surface area contributed by atoms with Crippen LogP contribution in [0.2, 0.25) is 0 Å². The van der Waals surface area contributed by atoms with Gasteiger partial charge < -0.3 is 4.74 Å². The van der Waals surface area contributed by atoms with Crippen molar-refractivity contribution in [3.05, 3.63) is 58.7 Å². The summed E-state index contributed by atoms with van der Waals surface area (Å²) in [7, 11) is 1.68. The van der Waals surface area contributed by atoms with Crippen molar-refractivity contribution in [2.45, 2.75) is 13.8 Å². The van der Waals surface area contributed by atoms with E-state index in [4.69, 9.17) is 9.72 Å². The predicted octanol–water partition coefficient (Wildman–Crippen LogP) is 5.35. The normalized spacial score (nSPS) is 11.0. The standard InChI is InChI=1S/C19H17N3OS2/c1-12-10-16(13(2)22(12)19-20-8-9-24-19)17-11-25-18(21-17)14-4-6-15(23-3)7-5-14/h4-11H,1-3H3. The fraction of sp³-hybridized carbons (Fsp3) is 0.158. The van der Waals surface area contributed by atoms with Crippen molar-refractivity contribution in [1.29, 1.82) is 0 Å². The van der Waals surface area contributed by atoms with E-state index in [1.54, 1.807) is 29.8 Å². The number of aryl methyl sites for hydroxylation is 1. The van der Waals surface area contributed by atoms with Gasteiger partial charge in [-0.15, -0.1) is 22.7 Å². The molecular formula is C19H17N3OS2. The number of hydrogen-bond acceptors (Lipinski definition) is 5. The van der Waals surface area contributed by atoms with Gasteiger partial charge in [0.15, 0.2) is 5.13 Å². The lowest BCUT2D eigenvalue weighted by atomic mass is 10.2. The highest BCUT2D eigenvalue weighted by atomic mass is 32.1. The van der Waals surface area contributed by atoms with Crippen LogP contribution in [-0.4, -0.2) is 21.6 Å². The molecule has 0 bridgehead atoms. The Bertz CT molecular complexity index is 998. The maximum atomic E-state index is 5.22. The number of ether oxygens (including phenoxy) is 1. The van der Waals surface area contributed by atoms with Crippen molar-refractivity contribution in [2.75, 3.05) is 7.11 Å². The topological polar surface area (TPSA) is 39.9 Å². The lowest BCUT2D eigenvalue weighted by Gasteiger charge is -2.04. The van der Waals surface area contributed by atoms with Crippen molar-refractivity contribution in [2.24, 2.45) is 0 Å². The van der Waals surface area contributed by atoms with Gasteiger partial charge in [0, 0.05) is 39.5 Å². The molecule has 4 rings (SSSR count). The molecule has 0 unspecified atom stereocenters. The second-order valence-electron chi connectivity index (χ2n) is 5.70. The van der Waals surface area contributed by atoms with Crippen LogP contribution in [0, 0.1) is 13.8 Å². The quantitative estimate of drug-likeness (QED) is 0.488. The van der Waals surface area contributed by atoms with Gasteiger partial charge in [0.2, 0.25) is 0 Å². The Labute approximate surface area is 154 Å². The number of thiazole rings is 2. The van der Waals surface area contributed by atoms with Crippen LogP contribution in [0.5, 0.6) is 5.75 Å². The molecule has 0 fully saturated rings. The number of aromatic nitrogens is 3. The Kier molecular flexibility index (Phi) is 4.15. The summed E-state index contributed by atoms with van der Waals surface area (Å²) in [5.74, 6) is 0.854. The van der Waals surface area contributed by atoms with Crippen LogP contribution < -0.4 is 4.74 Å². The number of methoxy groups -OCH3 is 1. The summed E-state index contributed by atoms with van der Waals surface area (Å²) in [4.78, 5) is 9.29. The first-order valence-corrected chi connectivity index (χ1v) is 9.62. The summed E-state index contributed by atoms with van der Waals surface area (Å²) in [5, 5.41) is 6.12. The zero-order valence-electron chi connectivity index (χ0n) is 14.2. The largest absolute Gasteiger partial charge is 0.497 e. The molecule has 126 valence electrons. The minimum Gasteiger partial charge on any atom is -0.497 e. The van der Waals surface area contributed by atoms with Gasteiger partial charge >= 0.3 is 0 Å². The molecule has 0 radical (unpaired) electrons. The molecule has 6 heteroatoms. The van der Waals surface area contributed by atoms with Crippen LogP contribution in [0.25, 0.3) is 27.0 Å². The molecule has 0 spiro atoms. The van der Waals surface area contributed by atoms with Gasteiger partial charge in [-0.2, -0.15) is 0 Å². The molecule has 0 aliphatic carbocycles. The van der Waals surface area contributed by atoms with Gasteiger partial charge in [-0.1, -0.05) is 0 Å². The highest BCUT2D eigenvalue weighted by molar-refractivity contribution is 7.13. The van der Waals surface area contributed by atoms with Gasteiger partial charge in [0.1, 0.15) is 10.8 Å². The molecule has 1 aromatic carbocycles. The first-order chi connectivity index (χ1) is 12.2. The van der Waals surface area contributed by atoms with Crippen LogP contribution >= 0.6 is 22.7 Å². The van der Waals surface area contributed by atoms with E-state index >= 15 is 0 Å². The van der Waals surface area contributed by atoms with E-state index in [1.807, 2.05) is 35.8 Å². The Balaban J connectivity index is 1.72. The fourth-order valence-corrected chi connectivity index (χ4v) is 4.48. The summed E-state index contributed by atoms with van der Waals surface area (Å²) in [6, 6.07) is 10.2. The van der Waals surface area contributed by atoms with E-state index in [1.165, 1.54) is 11.4 Å².